The maximum Gasteiger partial charge on any atom is 0.322 e. The normalized spacial score (nSPS) is 10.1. The molecule has 1 aromatic carbocycles. The van der Waals surface area contributed by atoms with Crippen molar-refractivity contribution in [1.29, 1.82) is 0 Å². The lowest BCUT2D eigenvalue weighted by atomic mass is 9.99. The molecule has 18 heavy (non-hydrogen) atoms. The lowest BCUT2D eigenvalue weighted by Crippen LogP contribution is -2.21. The van der Waals surface area contributed by atoms with E-state index >= 15 is 0 Å². The SMILES string of the molecule is CCC(=O)Nc1ccc(C(C(=O)O)C(=O)O)cc1. The largest absolute Gasteiger partial charge is 0.480 e. The van der Waals surface area contributed by atoms with Crippen molar-refractivity contribution in [3.05, 3.63) is 29.8 Å². The molecule has 6 heteroatoms. The molecule has 0 aliphatic carbocycles. The Morgan fingerprint density at radius 1 is 1.11 bits per heavy atom. The lowest BCUT2D eigenvalue weighted by Gasteiger charge is -2.09. The number of hydrogen-bond acceptors (Lipinski definition) is 3. The molecule has 1 aromatic rings. The van der Waals surface area contributed by atoms with Crippen molar-refractivity contribution in [2.45, 2.75) is 19.3 Å². The zero-order chi connectivity index (χ0) is 13.7. The van der Waals surface area contributed by atoms with Crippen LogP contribution in [0.3, 0.4) is 0 Å². The van der Waals surface area contributed by atoms with Gasteiger partial charge in [0.1, 0.15) is 0 Å². The van der Waals surface area contributed by atoms with E-state index in [-0.39, 0.29) is 11.5 Å². The topological polar surface area (TPSA) is 104 Å². The minimum absolute atomic E-state index is 0.157. The van der Waals surface area contributed by atoms with Crippen LogP contribution in [0, 0.1) is 0 Å². The average Bonchev–Trinajstić information content (AvgIpc) is 2.30. The van der Waals surface area contributed by atoms with Crippen molar-refractivity contribution in [3.8, 4) is 0 Å². The van der Waals surface area contributed by atoms with Crippen molar-refractivity contribution in [2.75, 3.05) is 5.32 Å². The molecule has 0 saturated carbocycles. The first kappa shape index (κ1) is 13.7. The Balaban J connectivity index is 2.90. The number of hydrogen-bond donors (Lipinski definition) is 3. The molecule has 6 nitrogen and oxygen atoms in total. The summed E-state index contributed by atoms with van der Waals surface area (Å²) in [7, 11) is 0. The monoisotopic (exact) mass is 251 g/mol. The van der Waals surface area contributed by atoms with Gasteiger partial charge in [-0.3, -0.25) is 14.4 Å². The molecular weight excluding hydrogens is 238 g/mol. The van der Waals surface area contributed by atoms with Gasteiger partial charge in [0.05, 0.1) is 0 Å². The highest BCUT2D eigenvalue weighted by Gasteiger charge is 2.27. The number of amides is 1. The summed E-state index contributed by atoms with van der Waals surface area (Å²) < 4.78 is 0. The van der Waals surface area contributed by atoms with Gasteiger partial charge in [0.2, 0.25) is 5.91 Å². The molecule has 0 bridgehead atoms. The van der Waals surface area contributed by atoms with Crippen LogP contribution in [0.1, 0.15) is 24.8 Å². The molecule has 1 rings (SSSR count). The molecule has 0 unspecified atom stereocenters. The molecule has 0 atom stereocenters. The molecular formula is C12H13NO5. The first-order valence-corrected chi connectivity index (χ1v) is 5.31. The van der Waals surface area contributed by atoms with E-state index in [0.717, 1.165) is 0 Å². The standard InChI is InChI=1S/C12H13NO5/c1-2-9(14)13-8-5-3-7(4-6-8)10(11(15)16)12(17)18/h3-6,10H,2H2,1H3,(H,13,14)(H,15,16)(H,17,18). The van der Waals surface area contributed by atoms with E-state index in [1.54, 1.807) is 6.92 Å². The highest BCUT2D eigenvalue weighted by Crippen LogP contribution is 2.19. The van der Waals surface area contributed by atoms with Gasteiger partial charge in [0, 0.05) is 12.1 Å². The fourth-order valence-corrected chi connectivity index (χ4v) is 1.40. The summed E-state index contributed by atoms with van der Waals surface area (Å²) in [5, 5.41) is 20.2. The van der Waals surface area contributed by atoms with Gasteiger partial charge < -0.3 is 15.5 Å². The molecule has 0 heterocycles. The summed E-state index contributed by atoms with van der Waals surface area (Å²) in [5.74, 6) is -4.61. The lowest BCUT2D eigenvalue weighted by molar-refractivity contribution is -0.150. The zero-order valence-corrected chi connectivity index (χ0v) is 9.71. The first-order valence-electron chi connectivity index (χ1n) is 5.31. The average molecular weight is 251 g/mol. The Morgan fingerprint density at radius 2 is 1.61 bits per heavy atom. The molecule has 0 aromatic heterocycles. The highest BCUT2D eigenvalue weighted by atomic mass is 16.4. The van der Waals surface area contributed by atoms with E-state index in [0.29, 0.717) is 12.1 Å². The Kier molecular flexibility index (Phi) is 4.42. The van der Waals surface area contributed by atoms with Crippen LogP contribution in [0.15, 0.2) is 24.3 Å². The number of benzene rings is 1. The van der Waals surface area contributed by atoms with Crippen LogP contribution in [0.25, 0.3) is 0 Å². The van der Waals surface area contributed by atoms with Crippen LogP contribution in [-0.2, 0) is 14.4 Å². The predicted molar refractivity (Wildman–Crippen MR) is 63.4 cm³/mol. The van der Waals surface area contributed by atoms with Crippen LogP contribution in [-0.4, -0.2) is 28.1 Å². The van der Waals surface area contributed by atoms with E-state index in [1.807, 2.05) is 0 Å². The van der Waals surface area contributed by atoms with Crippen molar-refractivity contribution in [1.82, 2.24) is 0 Å². The highest BCUT2D eigenvalue weighted by molar-refractivity contribution is 5.99. The summed E-state index contributed by atoms with van der Waals surface area (Å²) in [6.07, 6.45) is 0.328. The summed E-state index contributed by atoms with van der Waals surface area (Å²) in [6.45, 7) is 1.70. The van der Waals surface area contributed by atoms with Gasteiger partial charge in [0.15, 0.2) is 5.92 Å². The van der Waals surface area contributed by atoms with Crippen LogP contribution in [0.4, 0.5) is 5.69 Å². The third kappa shape index (κ3) is 3.31. The molecule has 0 radical (unpaired) electrons. The third-order valence-corrected chi connectivity index (χ3v) is 2.34. The number of carboxylic acid groups (broad SMARTS) is 2. The molecule has 0 spiro atoms. The molecule has 96 valence electrons. The summed E-state index contributed by atoms with van der Waals surface area (Å²) in [6, 6.07) is 5.69. The van der Waals surface area contributed by atoms with Crippen molar-refractivity contribution in [2.24, 2.45) is 0 Å². The van der Waals surface area contributed by atoms with Gasteiger partial charge in [-0.25, -0.2) is 0 Å². The third-order valence-electron chi connectivity index (χ3n) is 2.34. The number of anilines is 1. The maximum absolute atomic E-state index is 11.1. The zero-order valence-electron chi connectivity index (χ0n) is 9.71. The fourth-order valence-electron chi connectivity index (χ4n) is 1.40. The number of nitrogens with one attached hydrogen (secondary N) is 1. The number of carboxylic acids is 2. The molecule has 0 saturated heterocycles. The van der Waals surface area contributed by atoms with E-state index in [9.17, 15) is 14.4 Å². The second kappa shape index (κ2) is 5.81. The summed E-state index contributed by atoms with van der Waals surface area (Å²) in [4.78, 5) is 32.7. The van der Waals surface area contributed by atoms with Crippen LogP contribution in [0.2, 0.25) is 0 Å². The second-order valence-corrected chi connectivity index (χ2v) is 3.63. The number of aliphatic carboxylic acids is 2. The molecule has 3 N–H and O–H groups in total. The van der Waals surface area contributed by atoms with Crippen molar-refractivity contribution in [3.63, 3.8) is 0 Å². The van der Waals surface area contributed by atoms with Crippen molar-refractivity contribution < 1.29 is 24.6 Å². The predicted octanol–water partition coefficient (Wildman–Crippen LogP) is 1.29. The van der Waals surface area contributed by atoms with Crippen LogP contribution in [0.5, 0.6) is 0 Å². The minimum atomic E-state index is -1.60. The van der Waals surface area contributed by atoms with Gasteiger partial charge in [-0.2, -0.15) is 0 Å². The van der Waals surface area contributed by atoms with Crippen molar-refractivity contribution >= 4 is 23.5 Å². The maximum atomic E-state index is 11.1. The summed E-state index contributed by atoms with van der Waals surface area (Å²) in [5.41, 5.74) is 0.657. The Morgan fingerprint density at radius 3 is 2.00 bits per heavy atom. The first-order chi connectivity index (χ1) is 8.45. The number of rotatable bonds is 5. The van der Waals surface area contributed by atoms with E-state index < -0.39 is 17.9 Å². The Labute approximate surface area is 103 Å². The number of carbonyl (C=O) groups excluding carboxylic acids is 1. The molecule has 0 aliphatic rings. The minimum Gasteiger partial charge on any atom is -0.480 e. The second-order valence-electron chi connectivity index (χ2n) is 3.63. The number of carbonyl (C=O) groups is 3. The Bertz CT molecular complexity index is 452. The summed E-state index contributed by atoms with van der Waals surface area (Å²) >= 11 is 0. The Hall–Kier alpha value is -2.37. The van der Waals surface area contributed by atoms with E-state index in [2.05, 4.69) is 5.32 Å². The fraction of sp³-hybridized carbons (Fsp3) is 0.250. The van der Waals surface area contributed by atoms with Crippen LogP contribution < -0.4 is 5.32 Å². The van der Waals surface area contributed by atoms with Gasteiger partial charge in [-0.05, 0) is 17.7 Å². The van der Waals surface area contributed by atoms with Gasteiger partial charge in [-0.1, -0.05) is 19.1 Å². The molecule has 0 fully saturated rings. The molecule has 1 amide bonds. The van der Waals surface area contributed by atoms with Gasteiger partial charge in [-0.15, -0.1) is 0 Å². The van der Waals surface area contributed by atoms with Gasteiger partial charge >= 0.3 is 11.9 Å². The van der Waals surface area contributed by atoms with E-state index in [4.69, 9.17) is 10.2 Å². The van der Waals surface area contributed by atoms with E-state index in [1.165, 1.54) is 24.3 Å². The smallest absolute Gasteiger partial charge is 0.322 e. The molecule has 0 aliphatic heterocycles. The van der Waals surface area contributed by atoms with Crippen LogP contribution >= 0.6 is 0 Å². The quantitative estimate of drug-likeness (QED) is 0.684. The van der Waals surface area contributed by atoms with Gasteiger partial charge in [0.25, 0.3) is 0 Å².